The highest BCUT2D eigenvalue weighted by Crippen LogP contribution is 2.43. The maximum atomic E-state index is 6.42. The Bertz CT molecular complexity index is 749. The summed E-state index contributed by atoms with van der Waals surface area (Å²) >= 11 is 0. The van der Waals surface area contributed by atoms with Crippen molar-refractivity contribution in [1.29, 1.82) is 0 Å². The van der Waals surface area contributed by atoms with Gasteiger partial charge in [-0.3, -0.25) is 5.32 Å². The molecule has 1 N–H and O–H groups in total. The van der Waals surface area contributed by atoms with Crippen molar-refractivity contribution < 1.29 is 9.47 Å². The van der Waals surface area contributed by atoms with Gasteiger partial charge in [-0.25, -0.2) is 0 Å². The van der Waals surface area contributed by atoms with Crippen molar-refractivity contribution in [2.45, 2.75) is 77.5 Å². The molecular weight excluding hydrogens is 346 g/mol. The van der Waals surface area contributed by atoms with E-state index in [0.717, 1.165) is 37.3 Å². The summed E-state index contributed by atoms with van der Waals surface area (Å²) in [5.41, 5.74) is 2.58. The highest BCUT2D eigenvalue weighted by atomic mass is 16.5. The predicted molar refractivity (Wildman–Crippen MR) is 116 cm³/mol. The zero-order valence-electron chi connectivity index (χ0n) is 18.0. The van der Waals surface area contributed by atoms with Gasteiger partial charge >= 0.3 is 0 Å². The number of ether oxygens (including phenoxy) is 2. The van der Waals surface area contributed by atoms with Crippen molar-refractivity contribution in [3.05, 3.63) is 59.7 Å². The summed E-state index contributed by atoms with van der Waals surface area (Å²) in [6.07, 6.45) is 3.06. The smallest absolute Gasteiger partial charge is 0.147 e. The first-order valence-corrected chi connectivity index (χ1v) is 10.7. The standard InChI is InChI=1S/C25H35NO2/c1-6-25(7-2)16-21(23-10-8-9-11-24(23)28-25)17-26-19(5)27-22-14-12-20(13-15-22)18(3)4/h8-15,18-19,21,26H,6-7,16-17H2,1-5H3/t19?,21-/m0/s1. The van der Waals surface area contributed by atoms with Gasteiger partial charge in [0.1, 0.15) is 23.3 Å². The molecule has 0 radical (unpaired) electrons. The average Bonchev–Trinajstić information content (AvgIpc) is 2.72. The molecule has 3 rings (SSSR count). The number of hydrogen-bond acceptors (Lipinski definition) is 3. The van der Waals surface area contributed by atoms with E-state index in [0.29, 0.717) is 11.8 Å². The van der Waals surface area contributed by atoms with Crippen LogP contribution in [0.2, 0.25) is 0 Å². The molecule has 0 fully saturated rings. The lowest BCUT2D eigenvalue weighted by atomic mass is 9.79. The second-order valence-electron chi connectivity index (χ2n) is 8.32. The molecule has 152 valence electrons. The molecule has 0 aromatic heterocycles. The molecule has 0 saturated carbocycles. The molecule has 1 aliphatic heterocycles. The van der Waals surface area contributed by atoms with Crippen LogP contribution in [0.3, 0.4) is 0 Å². The lowest BCUT2D eigenvalue weighted by Gasteiger charge is -2.42. The first-order chi connectivity index (χ1) is 13.5. The van der Waals surface area contributed by atoms with Crippen molar-refractivity contribution in [2.24, 2.45) is 0 Å². The van der Waals surface area contributed by atoms with Crippen LogP contribution in [0.4, 0.5) is 0 Å². The lowest BCUT2D eigenvalue weighted by molar-refractivity contribution is 0.0257. The fraction of sp³-hybridized carbons (Fsp3) is 0.520. The van der Waals surface area contributed by atoms with E-state index in [1.54, 1.807) is 0 Å². The van der Waals surface area contributed by atoms with Crippen molar-refractivity contribution in [3.8, 4) is 11.5 Å². The van der Waals surface area contributed by atoms with Crippen molar-refractivity contribution in [1.82, 2.24) is 5.32 Å². The SMILES string of the molecule is CCC1(CC)C[C@@H](CNC(C)Oc2ccc(C(C)C)cc2)c2ccccc2O1. The van der Waals surface area contributed by atoms with Gasteiger partial charge < -0.3 is 9.47 Å². The lowest BCUT2D eigenvalue weighted by Crippen LogP contribution is -2.43. The van der Waals surface area contributed by atoms with Crippen LogP contribution >= 0.6 is 0 Å². The summed E-state index contributed by atoms with van der Waals surface area (Å²) in [6.45, 7) is 11.8. The Morgan fingerprint density at radius 2 is 1.71 bits per heavy atom. The highest BCUT2D eigenvalue weighted by molar-refractivity contribution is 5.39. The Kier molecular flexibility index (Phi) is 6.66. The van der Waals surface area contributed by atoms with Gasteiger partial charge in [0.25, 0.3) is 0 Å². The van der Waals surface area contributed by atoms with Crippen LogP contribution in [0, 0.1) is 0 Å². The summed E-state index contributed by atoms with van der Waals surface area (Å²) in [6, 6.07) is 16.9. The number of nitrogens with one attached hydrogen (secondary N) is 1. The Morgan fingerprint density at radius 3 is 2.36 bits per heavy atom. The number of rotatable bonds is 8. The monoisotopic (exact) mass is 381 g/mol. The van der Waals surface area contributed by atoms with Gasteiger partial charge in [0.05, 0.1) is 0 Å². The van der Waals surface area contributed by atoms with Crippen LogP contribution in [0.15, 0.2) is 48.5 Å². The topological polar surface area (TPSA) is 30.5 Å². The van der Waals surface area contributed by atoms with E-state index in [2.05, 4.69) is 88.5 Å². The van der Waals surface area contributed by atoms with Gasteiger partial charge in [0, 0.05) is 12.5 Å². The summed E-state index contributed by atoms with van der Waals surface area (Å²) < 4.78 is 12.5. The molecule has 2 atom stereocenters. The van der Waals surface area contributed by atoms with Crippen molar-refractivity contribution in [2.75, 3.05) is 6.54 Å². The number of fused-ring (bicyclic) bond motifs is 1. The zero-order valence-corrected chi connectivity index (χ0v) is 18.0. The summed E-state index contributed by atoms with van der Waals surface area (Å²) in [4.78, 5) is 0. The molecule has 28 heavy (non-hydrogen) atoms. The fourth-order valence-electron chi connectivity index (χ4n) is 4.10. The first kappa shape index (κ1) is 20.7. The third-order valence-electron chi connectivity index (χ3n) is 6.10. The van der Waals surface area contributed by atoms with Crippen LogP contribution in [-0.2, 0) is 0 Å². The summed E-state index contributed by atoms with van der Waals surface area (Å²) in [5, 5.41) is 3.59. The first-order valence-electron chi connectivity index (χ1n) is 10.7. The molecule has 1 aliphatic rings. The van der Waals surface area contributed by atoms with E-state index >= 15 is 0 Å². The molecule has 3 heteroatoms. The molecular formula is C25H35NO2. The zero-order chi connectivity index (χ0) is 20.1. The Labute approximate surface area is 170 Å². The summed E-state index contributed by atoms with van der Waals surface area (Å²) in [5.74, 6) is 2.92. The minimum Gasteiger partial charge on any atom is -0.487 e. The van der Waals surface area contributed by atoms with E-state index in [1.807, 2.05) is 0 Å². The second kappa shape index (κ2) is 9.00. The fourth-order valence-corrected chi connectivity index (χ4v) is 4.10. The molecule has 0 amide bonds. The Morgan fingerprint density at radius 1 is 1.04 bits per heavy atom. The maximum Gasteiger partial charge on any atom is 0.147 e. The van der Waals surface area contributed by atoms with Crippen LogP contribution in [0.5, 0.6) is 11.5 Å². The van der Waals surface area contributed by atoms with Crippen molar-refractivity contribution >= 4 is 0 Å². The minimum absolute atomic E-state index is 0.0439. The molecule has 0 spiro atoms. The van der Waals surface area contributed by atoms with Gasteiger partial charge in [-0.1, -0.05) is 58.0 Å². The normalized spacial score (nSPS) is 19.0. The van der Waals surface area contributed by atoms with E-state index < -0.39 is 0 Å². The van der Waals surface area contributed by atoms with Gasteiger partial charge in [0.2, 0.25) is 0 Å². The Hall–Kier alpha value is -2.00. The predicted octanol–water partition coefficient (Wildman–Crippen LogP) is 6.25. The molecule has 0 aliphatic carbocycles. The third-order valence-corrected chi connectivity index (χ3v) is 6.10. The number of hydrogen-bond donors (Lipinski definition) is 1. The highest BCUT2D eigenvalue weighted by Gasteiger charge is 2.38. The van der Waals surface area contributed by atoms with Crippen molar-refractivity contribution in [3.63, 3.8) is 0 Å². The number of benzene rings is 2. The van der Waals surface area contributed by atoms with Crippen LogP contribution < -0.4 is 14.8 Å². The molecule has 1 unspecified atom stereocenters. The van der Waals surface area contributed by atoms with E-state index in [-0.39, 0.29) is 11.8 Å². The van der Waals surface area contributed by atoms with Crippen LogP contribution in [-0.4, -0.2) is 18.4 Å². The average molecular weight is 382 g/mol. The Balaban J connectivity index is 1.64. The van der Waals surface area contributed by atoms with Gasteiger partial charge in [-0.15, -0.1) is 0 Å². The quantitative estimate of drug-likeness (QED) is 0.548. The summed E-state index contributed by atoms with van der Waals surface area (Å²) in [7, 11) is 0. The van der Waals surface area contributed by atoms with Gasteiger partial charge in [-0.05, 0) is 61.4 Å². The minimum atomic E-state index is -0.0581. The molecule has 2 aromatic rings. The van der Waals surface area contributed by atoms with Crippen LogP contribution in [0.1, 0.15) is 76.8 Å². The second-order valence-corrected chi connectivity index (χ2v) is 8.32. The molecule has 0 saturated heterocycles. The van der Waals surface area contributed by atoms with Gasteiger partial charge in [0.15, 0.2) is 0 Å². The molecule has 1 heterocycles. The van der Waals surface area contributed by atoms with E-state index in [4.69, 9.17) is 9.47 Å². The molecule has 3 nitrogen and oxygen atoms in total. The van der Waals surface area contributed by atoms with E-state index in [9.17, 15) is 0 Å². The molecule has 2 aromatic carbocycles. The molecule has 0 bridgehead atoms. The van der Waals surface area contributed by atoms with Gasteiger partial charge in [-0.2, -0.15) is 0 Å². The third kappa shape index (κ3) is 4.70. The van der Waals surface area contributed by atoms with E-state index in [1.165, 1.54) is 11.1 Å². The largest absolute Gasteiger partial charge is 0.487 e. The number of para-hydroxylation sites is 1. The van der Waals surface area contributed by atoms with Crippen LogP contribution in [0.25, 0.3) is 0 Å². The maximum absolute atomic E-state index is 6.42.